The maximum absolute atomic E-state index is 12.1. The van der Waals surface area contributed by atoms with Crippen LogP contribution in [-0.2, 0) is 9.53 Å². The highest BCUT2D eigenvalue weighted by molar-refractivity contribution is 5.94. The van der Waals surface area contributed by atoms with E-state index in [4.69, 9.17) is 4.74 Å². The molecule has 0 aromatic heterocycles. The minimum atomic E-state index is -0.508. The molecule has 0 spiro atoms. The fourth-order valence-corrected chi connectivity index (χ4v) is 2.09. The SMILES string of the molecule is Cc1cccc(NC(=O)C2CN(C(=O)OC(C)(C)C)C2)c1. The monoisotopic (exact) mass is 290 g/mol. The van der Waals surface area contributed by atoms with Crippen molar-refractivity contribution < 1.29 is 14.3 Å². The van der Waals surface area contributed by atoms with Crippen LogP contribution in [0.15, 0.2) is 24.3 Å². The van der Waals surface area contributed by atoms with Crippen molar-refractivity contribution in [2.24, 2.45) is 5.92 Å². The molecule has 1 aromatic carbocycles. The van der Waals surface area contributed by atoms with Gasteiger partial charge in [0.15, 0.2) is 0 Å². The van der Waals surface area contributed by atoms with Gasteiger partial charge in [-0.15, -0.1) is 0 Å². The molecule has 2 rings (SSSR count). The normalized spacial score (nSPS) is 15.3. The summed E-state index contributed by atoms with van der Waals surface area (Å²) in [5, 5.41) is 2.87. The zero-order chi connectivity index (χ0) is 15.6. The first-order valence-corrected chi connectivity index (χ1v) is 7.10. The van der Waals surface area contributed by atoms with Crippen LogP contribution in [0, 0.1) is 12.8 Å². The van der Waals surface area contributed by atoms with Gasteiger partial charge in [-0.2, -0.15) is 0 Å². The minimum Gasteiger partial charge on any atom is -0.444 e. The van der Waals surface area contributed by atoms with Gasteiger partial charge >= 0.3 is 6.09 Å². The van der Waals surface area contributed by atoms with Crippen molar-refractivity contribution in [1.29, 1.82) is 0 Å². The quantitative estimate of drug-likeness (QED) is 0.911. The van der Waals surface area contributed by atoms with Gasteiger partial charge in [0, 0.05) is 18.8 Å². The number of carbonyl (C=O) groups is 2. The molecule has 0 radical (unpaired) electrons. The number of nitrogens with zero attached hydrogens (tertiary/aromatic N) is 1. The maximum Gasteiger partial charge on any atom is 0.410 e. The van der Waals surface area contributed by atoms with E-state index in [1.54, 1.807) is 4.90 Å². The van der Waals surface area contributed by atoms with Crippen molar-refractivity contribution in [1.82, 2.24) is 4.90 Å². The highest BCUT2D eigenvalue weighted by Gasteiger charge is 2.37. The van der Waals surface area contributed by atoms with E-state index in [1.165, 1.54) is 0 Å². The predicted molar refractivity (Wildman–Crippen MR) is 81.1 cm³/mol. The molecule has 1 heterocycles. The lowest BCUT2D eigenvalue weighted by Gasteiger charge is -2.38. The Morgan fingerprint density at radius 1 is 1.29 bits per heavy atom. The van der Waals surface area contributed by atoms with Crippen LogP contribution >= 0.6 is 0 Å². The highest BCUT2D eigenvalue weighted by Crippen LogP contribution is 2.21. The van der Waals surface area contributed by atoms with Crippen LogP contribution < -0.4 is 5.32 Å². The zero-order valence-corrected chi connectivity index (χ0v) is 13.0. The van der Waals surface area contributed by atoms with Crippen molar-refractivity contribution in [3.05, 3.63) is 29.8 Å². The second-order valence-electron chi connectivity index (χ2n) is 6.44. The fraction of sp³-hybridized carbons (Fsp3) is 0.500. The Hall–Kier alpha value is -2.04. The number of rotatable bonds is 2. The highest BCUT2D eigenvalue weighted by atomic mass is 16.6. The summed E-state index contributed by atoms with van der Waals surface area (Å²) in [5.41, 5.74) is 1.37. The second kappa shape index (κ2) is 5.76. The average molecular weight is 290 g/mol. The van der Waals surface area contributed by atoms with Gasteiger partial charge in [-0.25, -0.2) is 4.79 Å². The lowest BCUT2D eigenvalue weighted by molar-refractivity contribution is -0.124. The molecule has 0 atom stereocenters. The molecule has 5 heteroatoms. The molecular formula is C16H22N2O3. The van der Waals surface area contributed by atoms with Crippen LogP contribution in [0.3, 0.4) is 0 Å². The van der Waals surface area contributed by atoms with Crippen LogP contribution in [0.5, 0.6) is 0 Å². The third-order valence-electron chi connectivity index (χ3n) is 3.19. The molecule has 5 nitrogen and oxygen atoms in total. The van der Waals surface area contributed by atoms with Gasteiger partial charge in [0.1, 0.15) is 5.60 Å². The number of benzene rings is 1. The van der Waals surface area contributed by atoms with E-state index < -0.39 is 5.60 Å². The van der Waals surface area contributed by atoms with E-state index in [0.717, 1.165) is 11.3 Å². The summed E-state index contributed by atoms with van der Waals surface area (Å²) in [6, 6.07) is 7.65. The molecule has 0 aliphatic carbocycles. The second-order valence-corrected chi connectivity index (χ2v) is 6.44. The van der Waals surface area contributed by atoms with Gasteiger partial charge in [0.05, 0.1) is 5.92 Å². The summed E-state index contributed by atoms with van der Waals surface area (Å²) in [4.78, 5) is 25.4. The molecule has 1 saturated heterocycles. The molecule has 1 aliphatic rings. The first kappa shape index (κ1) is 15.4. The average Bonchev–Trinajstić information content (AvgIpc) is 2.23. The first-order chi connectivity index (χ1) is 9.74. The van der Waals surface area contributed by atoms with Gasteiger partial charge in [-0.05, 0) is 45.4 Å². The third kappa shape index (κ3) is 4.21. The predicted octanol–water partition coefficient (Wildman–Crippen LogP) is 2.80. The van der Waals surface area contributed by atoms with Gasteiger partial charge in [-0.3, -0.25) is 4.79 Å². The minimum absolute atomic E-state index is 0.0552. The summed E-state index contributed by atoms with van der Waals surface area (Å²) in [5.74, 6) is -0.224. The zero-order valence-electron chi connectivity index (χ0n) is 13.0. The number of ether oxygens (including phenoxy) is 1. The van der Waals surface area contributed by atoms with Crippen LogP contribution in [0.25, 0.3) is 0 Å². The molecule has 21 heavy (non-hydrogen) atoms. The molecule has 0 bridgehead atoms. The van der Waals surface area contributed by atoms with E-state index in [-0.39, 0.29) is 17.9 Å². The smallest absolute Gasteiger partial charge is 0.410 e. The Kier molecular flexibility index (Phi) is 4.21. The van der Waals surface area contributed by atoms with Gasteiger partial charge in [0.25, 0.3) is 0 Å². The maximum atomic E-state index is 12.1. The van der Waals surface area contributed by atoms with Crippen molar-refractivity contribution in [2.45, 2.75) is 33.3 Å². The summed E-state index contributed by atoms with van der Waals surface area (Å²) in [6.45, 7) is 8.27. The number of hydrogen-bond acceptors (Lipinski definition) is 3. The fourth-order valence-electron chi connectivity index (χ4n) is 2.09. The van der Waals surface area contributed by atoms with E-state index in [9.17, 15) is 9.59 Å². The molecule has 114 valence electrons. The molecular weight excluding hydrogens is 268 g/mol. The number of anilines is 1. The number of hydrogen-bond donors (Lipinski definition) is 1. The number of amides is 2. The van der Waals surface area contributed by atoms with Crippen LogP contribution in [0.2, 0.25) is 0 Å². The Bertz CT molecular complexity index is 543. The van der Waals surface area contributed by atoms with Gasteiger partial charge in [0.2, 0.25) is 5.91 Å². The Morgan fingerprint density at radius 3 is 2.52 bits per heavy atom. The summed E-state index contributed by atoms with van der Waals surface area (Å²) < 4.78 is 5.26. The van der Waals surface area contributed by atoms with Crippen LogP contribution in [0.4, 0.5) is 10.5 Å². The molecule has 1 N–H and O–H groups in total. The van der Waals surface area contributed by atoms with Crippen molar-refractivity contribution in [3.8, 4) is 0 Å². The Balaban J connectivity index is 1.81. The molecule has 0 saturated carbocycles. The Labute approximate surface area is 125 Å². The number of aryl methyl sites for hydroxylation is 1. The summed E-state index contributed by atoms with van der Waals surface area (Å²) in [6.07, 6.45) is -0.359. The van der Waals surface area contributed by atoms with Crippen molar-refractivity contribution in [2.75, 3.05) is 18.4 Å². The lowest BCUT2D eigenvalue weighted by atomic mass is 9.99. The molecule has 1 aromatic rings. The van der Waals surface area contributed by atoms with Crippen LogP contribution in [-0.4, -0.2) is 35.6 Å². The molecule has 1 aliphatic heterocycles. The van der Waals surface area contributed by atoms with Crippen molar-refractivity contribution in [3.63, 3.8) is 0 Å². The molecule has 1 fully saturated rings. The number of nitrogens with one attached hydrogen (secondary N) is 1. The van der Waals surface area contributed by atoms with E-state index in [0.29, 0.717) is 13.1 Å². The summed E-state index contributed by atoms with van der Waals surface area (Å²) in [7, 11) is 0. The van der Waals surface area contributed by atoms with E-state index >= 15 is 0 Å². The van der Waals surface area contributed by atoms with Gasteiger partial charge < -0.3 is 15.0 Å². The van der Waals surface area contributed by atoms with Crippen LogP contribution in [0.1, 0.15) is 26.3 Å². The largest absolute Gasteiger partial charge is 0.444 e. The topological polar surface area (TPSA) is 58.6 Å². The molecule has 2 amide bonds. The first-order valence-electron chi connectivity index (χ1n) is 7.10. The summed E-state index contributed by atoms with van der Waals surface area (Å²) >= 11 is 0. The van der Waals surface area contributed by atoms with E-state index in [2.05, 4.69) is 5.32 Å². The number of likely N-dealkylation sites (tertiary alicyclic amines) is 1. The van der Waals surface area contributed by atoms with Crippen molar-refractivity contribution >= 4 is 17.7 Å². The standard InChI is InChI=1S/C16H22N2O3/c1-11-6-5-7-13(8-11)17-14(19)12-9-18(10-12)15(20)21-16(2,3)4/h5-8,12H,9-10H2,1-4H3,(H,17,19). The van der Waals surface area contributed by atoms with E-state index in [1.807, 2.05) is 52.0 Å². The third-order valence-corrected chi connectivity index (χ3v) is 3.19. The lowest BCUT2D eigenvalue weighted by Crippen LogP contribution is -2.55. The number of carbonyl (C=O) groups excluding carboxylic acids is 2. The van der Waals surface area contributed by atoms with Gasteiger partial charge in [-0.1, -0.05) is 12.1 Å². The molecule has 0 unspecified atom stereocenters. The Morgan fingerprint density at radius 2 is 1.95 bits per heavy atom.